The van der Waals surface area contributed by atoms with Gasteiger partial charge in [-0.3, -0.25) is 9.59 Å². The van der Waals surface area contributed by atoms with Crippen molar-refractivity contribution < 1.29 is 9.59 Å². The molecule has 0 radical (unpaired) electrons. The summed E-state index contributed by atoms with van der Waals surface area (Å²) in [6.45, 7) is 6.07. The Bertz CT molecular complexity index is 848. The van der Waals surface area contributed by atoms with E-state index in [2.05, 4.69) is 22.5 Å². The molecule has 1 aliphatic rings. The lowest BCUT2D eigenvalue weighted by Crippen LogP contribution is -2.35. The molecule has 0 aromatic heterocycles. The average Bonchev–Trinajstić information content (AvgIpc) is 2.74. The molecule has 2 amide bonds. The molecule has 1 heterocycles. The van der Waals surface area contributed by atoms with Gasteiger partial charge in [0, 0.05) is 24.5 Å². The number of rotatable bonds is 6. The molecular weight excluding hydrogens is 386 g/mol. The fraction of sp³-hybridized carbons (Fsp3) is 0.391. The highest BCUT2D eigenvalue weighted by Crippen LogP contribution is 2.29. The first-order valence-electron chi connectivity index (χ1n) is 10.1. The van der Waals surface area contributed by atoms with Gasteiger partial charge in [-0.05, 0) is 49.4 Å². The second kappa shape index (κ2) is 9.79. The van der Waals surface area contributed by atoms with Crippen molar-refractivity contribution in [2.75, 3.05) is 29.2 Å². The number of alkyl halides is 1. The van der Waals surface area contributed by atoms with E-state index in [9.17, 15) is 9.59 Å². The van der Waals surface area contributed by atoms with E-state index in [1.54, 1.807) is 6.07 Å². The molecule has 3 rings (SSSR count). The molecule has 2 N–H and O–H groups in total. The Labute approximate surface area is 177 Å². The first kappa shape index (κ1) is 21.2. The van der Waals surface area contributed by atoms with Crippen molar-refractivity contribution in [2.24, 2.45) is 5.92 Å². The third-order valence-corrected chi connectivity index (χ3v) is 5.66. The molecule has 5 nitrogen and oxygen atoms in total. The van der Waals surface area contributed by atoms with Crippen molar-refractivity contribution in [1.82, 2.24) is 5.32 Å². The van der Waals surface area contributed by atoms with Gasteiger partial charge >= 0.3 is 0 Å². The fourth-order valence-electron chi connectivity index (χ4n) is 3.61. The molecule has 0 aliphatic carbocycles. The minimum Gasteiger partial charge on any atom is -0.371 e. The Morgan fingerprint density at radius 3 is 2.48 bits per heavy atom. The summed E-state index contributed by atoms with van der Waals surface area (Å²) in [5, 5.41) is 5.83. The third-order valence-electron chi connectivity index (χ3n) is 5.42. The maximum absolute atomic E-state index is 13.2. The first-order chi connectivity index (χ1) is 14.0. The van der Waals surface area contributed by atoms with Gasteiger partial charge in [0.1, 0.15) is 5.88 Å². The summed E-state index contributed by atoms with van der Waals surface area (Å²) in [4.78, 5) is 27.1. The third kappa shape index (κ3) is 5.51. The Morgan fingerprint density at radius 1 is 1.14 bits per heavy atom. The van der Waals surface area contributed by atoms with Gasteiger partial charge in [-0.25, -0.2) is 0 Å². The molecule has 0 unspecified atom stereocenters. The Kier molecular flexibility index (Phi) is 7.15. The molecule has 1 fully saturated rings. The van der Waals surface area contributed by atoms with E-state index >= 15 is 0 Å². The van der Waals surface area contributed by atoms with Gasteiger partial charge in [0.05, 0.1) is 11.6 Å². The number of carbonyl (C=O) groups excluding carboxylic acids is 2. The summed E-state index contributed by atoms with van der Waals surface area (Å²) in [5.41, 5.74) is 3.08. The topological polar surface area (TPSA) is 61.4 Å². The summed E-state index contributed by atoms with van der Waals surface area (Å²) >= 11 is 5.61. The minimum absolute atomic E-state index is 0.126. The predicted molar refractivity (Wildman–Crippen MR) is 119 cm³/mol. The van der Waals surface area contributed by atoms with Gasteiger partial charge in [0.25, 0.3) is 5.91 Å². The molecule has 0 saturated carbocycles. The molecule has 2 aromatic carbocycles. The van der Waals surface area contributed by atoms with Crippen LogP contribution < -0.4 is 15.5 Å². The van der Waals surface area contributed by atoms with Gasteiger partial charge in [0.2, 0.25) is 5.91 Å². The lowest BCUT2D eigenvalue weighted by atomic mass is 9.97. The van der Waals surface area contributed by atoms with Crippen LogP contribution in [-0.2, 0) is 4.79 Å². The Morgan fingerprint density at radius 2 is 1.83 bits per heavy atom. The van der Waals surface area contributed by atoms with Crippen molar-refractivity contribution in [1.29, 1.82) is 0 Å². The average molecular weight is 414 g/mol. The zero-order valence-electron chi connectivity index (χ0n) is 17.0. The van der Waals surface area contributed by atoms with Crippen LogP contribution in [0.15, 0.2) is 48.5 Å². The quantitative estimate of drug-likeness (QED) is 0.681. The molecule has 2 aromatic rings. The van der Waals surface area contributed by atoms with Crippen LogP contribution >= 0.6 is 11.6 Å². The number of hydrogen-bond acceptors (Lipinski definition) is 3. The highest BCUT2D eigenvalue weighted by Gasteiger charge is 2.22. The molecule has 1 atom stereocenters. The van der Waals surface area contributed by atoms with Gasteiger partial charge in [-0.1, -0.05) is 37.3 Å². The van der Waals surface area contributed by atoms with Crippen LogP contribution in [0.4, 0.5) is 11.4 Å². The summed E-state index contributed by atoms with van der Waals surface area (Å²) in [6, 6.07) is 15.2. The second-order valence-corrected chi connectivity index (χ2v) is 7.96. The molecule has 1 saturated heterocycles. The summed E-state index contributed by atoms with van der Waals surface area (Å²) in [6.07, 6.45) is 2.21. The fourth-order valence-corrected chi connectivity index (χ4v) is 3.68. The molecule has 0 spiro atoms. The number of nitrogens with zero attached hydrogens (tertiary/aromatic N) is 1. The highest BCUT2D eigenvalue weighted by molar-refractivity contribution is 6.29. The van der Waals surface area contributed by atoms with Gasteiger partial charge in [0.15, 0.2) is 0 Å². The van der Waals surface area contributed by atoms with Crippen LogP contribution in [0.2, 0.25) is 0 Å². The Balaban J connectivity index is 1.86. The largest absolute Gasteiger partial charge is 0.371 e. The van der Waals surface area contributed by atoms with Crippen molar-refractivity contribution in [3.63, 3.8) is 0 Å². The SMILES string of the molecule is CC1CCN(c2ccc(NC(=O)CCl)cc2C(=O)N[C@H](C)c2ccccc2)CC1. The van der Waals surface area contributed by atoms with Crippen molar-refractivity contribution in [2.45, 2.75) is 32.7 Å². The van der Waals surface area contributed by atoms with Crippen LogP contribution in [0.1, 0.15) is 48.7 Å². The maximum atomic E-state index is 13.2. The van der Waals surface area contributed by atoms with E-state index < -0.39 is 0 Å². The standard InChI is InChI=1S/C23H28ClN3O2/c1-16-10-12-27(13-11-16)21-9-8-19(26-22(28)15-24)14-20(21)23(29)25-17(2)18-6-4-3-5-7-18/h3-9,14,16-17H,10-13,15H2,1-2H3,(H,25,29)(H,26,28)/t17-/m1/s1. The van der Waals surface area contributed by atoms with E-state index in [0.717, 1.165) is 37.2 Å². The number of halogens is 1. The maximum Gasteiger partial charge on any atom is 0.253 e. The number of hydrogen-bond donors (Lipinski definition) is 2. The van der Waals surface area contributed by atoms with Crippen LogP contribution in [0.3, 0.4) is 0 Å². The number of benzene rings is 2. The van der Waals surface area contributed by atoms with Crippen molar-refractivity contribution >= 4 is 34.8 Å². The lowest BCUT2D eigenvalue weighted by Gasteiger charge is -2.33. The molecule has 0 bridgehead atoms. The van der Waals surface area contributed by atoms with Crippen LogP contribution in [0.25, 0.3) is 0 Å². The normalized spacial score (nSPS) is 15.6. The molecule has 1 aliphatic heterocycles. The molecule has 29 heavy (non-hydrogen) atoms. The van der Waals surface area contributed by atoms with Gasteiger partial charge < -0.3 is 15.5 Å². The second-order valence-electron chi connectivity index (χ2n) is 7.69. The monoisotopic (exact) mass is 413 g/mol. The zero-order valence-corrected chi connectivity index (χ0v) is 17.7. The van der Waals surface area contributed by atoms with Crippen molar-refractivity contribution in [3.05, 3.63) is 59.7 Å². The summed E-state index contributed by atoms with van der Waals surface area (Å²) in [5.74, 6) is 0.120. The van der Waals surface area contributed by atoms with Crippen LogP contribution in [-0.4, -0.2) is 30.8 Å². The number of anilines is 2. The number of carbonyl (C=O) groups is 2. The van der Waals surface area contributed by atoms with Crippen LogP contribution in [0, 0.1) is 5.92 Å². The number of piperidine rings is 1. The first-order valence-corrected chi connectivity index (χ1v) is 10.6. The van der Waals surface area contributed by atoms with E-state index in [1.807, 2.05) is 49.4 Å². The van der Waals surface area contributed by atoms with E-state index in [0.29, 0.717) is 17.2 Å². The van der Waals surface area contributed by atoms with Crippen LogP contribution in [0.5, 0.6) is 0 Å². The number of nitrogens with one attached hydrogen (secondary N) is 2. The van der Waals surface area contributed by atoms with Gasteiger partial charge in [-0.15, -0.1) is 11.6 Å². The summed E-state index contributed by atoms with van der Waals surface area (Å²) < 4.78 is 0. The van der Waals surface area contributed by atoms with Crippen molar-refractivity contribution in [3.8, 4) is 0 Å². The Hall–Kier alpha value is -2.53. The van der Waals surface area contributed by atoms with E-state index in [4.69, 9.17) is 11.6 Å². The predicted octanol–water partition coefficient (Wildman–Crippen LogP) is 4.59. The lowest BCUT2D eigenvalue weighted by molar-refractivity contribution is -0.113. The smallest absolute Gasteiger partial charge is 0.253 e. The van der Waals surface area contributed by atoms with Gasteiger partial charge in [-0.2, -0.15) is 0 Å². The molecule has 154 valence electrons. The number of amides is 2. The minimum atomic E-state index is -0.296. The highest BCUT2D eigenvalue weighted by atomic mass is 35.5. The molecule has 6 heteroatoms. The zero-order chi connectivity index (χ0) is 20.8. The van der Waals surface area contributed by atoms with E-state index in [1.165, 1.54) is 0 Å². The molecular formula is C23H28ClN3O2. The van der Waals surface area contributed by atoms with E-state index in [-0.39, 0.29) is 23.7 Å². The summed E-state index contributed by atoms with van der Waals surface area (Å²) in [7, 11) is 0.